The van der Waals surface area contributed by atoms with E-state index in [2.05, 4.69) is 31.2 Å². The molecule has 1 amide bonds. The van der Waals surface area contributed by atoms with Gasteiger partial charge in [0.15, 0.2) is 0 Å². The van der Waals surface area contributed by atoms with Crippen LogP contribution in [0.5, 0.6) is 5.75 Å². The predicted molar refractivity (Wildman–Crippen MR) is 103 cm³/mol. The summed E-state index contributed by atoms with van der Waals surface area (Å²) in [6.45, 7) is 0. The lowest BCUT2D eigenvalue weighted by atomic mass is 10.1. The largest absolute Gasteiger partial charge is 0.497 e. The number of benzene rings is 2. The number of nitrogens with one attached hydrogen (secondary N) is 2. The van der Waals surface area contributed by atoms with Crippen molar-refractivity contribution in [1.29, 1.82) is 0 Å². The van der Waals surface area contributed by atoms with Crippen LogP contribution in [0.3, 0.4) is 0 Å². The van der Waals surface area contributed by atoms with E-state index in [1.807, 2.05) is 30.3 Å². The molecule has 132 valence electrons. The number of anilines is 1. The van der Waals surface area contributed by atoms with Gasteiger partial charge in [0.2, 0.25) is 0 Å². The van der Waals surface area contributed by atoms with E-state index < -0.39 is 5.91 Å². The number of carbonyl (C=O) groups is 1. The summed E-state index contributed by atoms with van der Waals surface area (Å²) < 4.78 is 5.97. The molecule has 3 rings (SSSR count). The van der Waals surface area contributed by atoms with E-state index in [0.29, 0.717) is 17.9 Å². The number of hydrogen-bond acceptors (Lipinski definition) is 4. The molecule has 0 radical (unpaired) electrons. The summed E-state index contributed by atoms with van der Waals surface area (Å²) in [4.78, 5) is 31.3. The number of hydrogen-bond donors (Lipinski definition) is 2. The number of ether oxygens (including phenoxy) is 1. The number of aromatic nitrogens is 2. The van der Waals surface area contributed by atoms with Crippen molar-refractivity contribution in [3.63, 3.8) is 0 Å². The minimum atomic E-state index is -0.440. The molecule has 3 aromatic rings. The van der Waals surface area contributed by atoms with Gasteiger partial charge in [-0.1, -0.05) is 34.1 Å². The number of H-pyrrole nitrogens is 1. The lowest BCUT2D eigenvalue weighted by molar-refractivity contribution is 0.102. The molecule has 0 atom stereocenters. The highest BCUT2D eigenvalue weighted by Gasteiger charge is 2.11. The van der Waals surface area contributed by atoms with Gasteiger partial charge < -0.3 is 15.0 Å². The molecule has 0 aliphatic rings. The number of carbonyl (C=O) groups excluding carboxylic acids is 1. The van der Waals surface area contributed by atoms with Gasteiger partial charge in [-0.3, -0.25) is 9.59 Å². The lowest BCUT2D eigenvalue weighted by Crippen LogP contribution is -2.20. The molecule has 0 aliphatic carbocycles. The number of methoxy groups -OCH3 is 1. The first-order valence-electron chi connectivity index (χ1n) is 7.83. The Kier molecular flexibility index (Phi) is 5.48. The standard InChI is InChI=1S/C19H16BrN3O3/c1-26-15-7-5-12(6-8-15)9-17-22-16(11-18(24)23-17)19(25)21-14-4-2-3-13(20)10-14/h2-8,10-11H,9H2,1H3,(H,21,25)(H,22,23,24). The number of nitrogens with zero attached hydrogens (tertiary/aromatic N) is 1. The van der Waals surface area contributed by atoms with E-state index in [1.54, 1.807) is 25.3 Å². The highest BCUT2D eigenvalue weighted by atomic mass is 79.9. The summed E-state index contributed by atoms with van der Waals surface area (Å²) in [5.41, 5.74) is 1.25. The van der Waals surface area contributed by atoms with Crippen molar-refractivity contribution in [2.45, 2.75) is 6.42 Å². The fraction of sp³-hybridized carbons (Fsp3) is 0.105. The van der Waals surface area contributed by atoms with Crippen molar-refractivity contribution in [3.8, 4) is 5.75 Å². The Bertz CT molecular complexity index is 984. The Morgan fingerprint density at radius 3 is 2.65 bits per heavy atom. The van der Waals surface area contributed by atoms with Gasteiger partial charge in [-0.15, -0.1) is 0 Å². The topological polar surface area (TPSA) is 84.1 Å². The summed E-state index contributed by atoms with van der Waals surface area (Å²) >= 11 is 3.35. The Morgan fingerprint density at radius 2 is 1.96 bits per heavy atom. The van der Waals surface area contributed by atoms with E-state index in [9.17, 15) is 9.59 Å². The fourth-order valence-electron chi connectivity index (χ4n) is 2.41. The number of rotatable bonds is 5. The SMILES string of the molecule is COc1ccc(Cc2nc(C(=O)Nc3cccc(Br)c3)cc(=O)[nH]2)cc1. The summed E-state index contributed by atoms with van der Waals surface area (Å²) in [5.74, 6) is 0.726. The van der Waals surface area contributed by atoms with Crippen molar-refractivity contribution in [3.05, 3.63) is 86.5 Å². The van der Waals surface area contributed by atoms with Crippen molar-refractivity contribution in [2.75, 3.05) is 12.4 Å². The molecule has 2 N–H and O–H groups in total. The molecule has 2 aromatic carbocycles. The molecular formula is C19H16BrN3O3. The molecule has 0 saturated carbocycles. The van der Waals surface area contributed by atoms with Crippen molar-refractivity contribution in [1.82, 2.24) is 9.97 Å². The normalized spacial score (nSPS) is 10.4. The number of amides is 1. The first kappa shape index (κ1) is 17.9. The van der Waals surface area contributed by atoms with Crippen molar-refractivity contribution in [2.24, 2.45) is 0 Å². The molecule has 0 fully saturated rings. The zero-order chi connectivity index (χ0) is 18.5. The summed E-state index contributed by atoms with van der Waals surface area (Å²) in [6, 6.07) is 15.8. The second-order valence-corrected chi connectivity index (χ2v) is 6.48. The Balaban J connectivity index is 1.80. The van der Waals surface area contributed by atoms with E-state index in [1.165, 1.54) is 6.07 Å². The van der Waals surface area contributed by atoms with E-state index >= 15 is 0 Å². The van der Waals surface area contributed by atoms with Crippen LogP contribution in [-0.4, -0.2) is 23.0 Å². The molecule has 6 nitrogen and oxygen atoms in total. The average Bonchev–Trinajstić information content (AvgIpc) is 2.62. The molecule has 7 heteroatoms. The molecule has 0 aliphatic heterocycles. The highest BCUT2D eigenvalue weighted by Crippen LogP contribution is 2.16. The Morgan fingerprint density at radius 1 is 1.19 bits per heavy atom. The van der Waals surface area contributed by atoms with Crippen LogP contribution in [0.2, 0.25) is 0 Å². The average molecular weight is 414 g/mol. The monoisotopic (exact) mass is 413 g/mol. The van der Waals surface area contributed by atoms with Gasteiger partial charge in [0.25, 0.3) is 11.5 Å². The molecule has 1 aromatic heterocycles. The van der Waals surface area contributed by atoms with Crippen LogP contribution >= 0.6 is 15.9 Å². The summed E-state index contributed by atoms with van der Waals surface area (Å²) in [5, 5.41) is 2.73. The number of aromatic amines is 1. The zero-order valence-corrected chi connectivity index (χ0v) is 15.5. The predicted octanol–water partition coefficient (Wildman–Crippen LogP) is 3.38. The van der Waals surface area contributed by atoms with Crippen LogP contribution in [0, 0.1) is 0 Å². The Labute approximate surface area is 158 Å². The van der Waals surface area contributed by atoms with Crippen LogP contribution in [0.25, 0.3) is 0 Å². The van der Waals surface area contributed by atoms with Crippen molar-refractivity contribution >= 4 is 27.5 Å². The van der Waals surface area contributed by atoms with Gasteiger partial charge in [0.05, 0.1) is 7.11 Å². The minimum Gasteiger partial charge on any atom is -0.497 e. The van der Waals surface area contributed by atoms with Gasteiger partial charge >= 0.3 is 0 Å². The van der Waals surface area contributed by atoms with E-state index in [-0.39, 0.29) is 11.3 Å². The maximum atomic E-state index is 12.4. The first-order valence-corrected chi connectivity index (χ1v) is 8.63. The maximum Gasteiger partial charge on any atom is 0.274 e. The van der Waals surface area contributed by atoms with Gasteiger partial charge in [-0.25, -0.2) is 4.98 Å². The Hall–Kier alpha value is -2.93. The van der Waals surface area contributed by atoms with Crippen LogP contribution < -0.4 is 15.6 Å². The number of halogens is 1. The second-order valence-electron chi connectivity index (χ2n) is 5.57. The molecule has 26 heavy (non-hydrogen) atoms. The molecule has 0 spiro atoms. The molecular weight excluding hydrogens is 398 g/mol. The maximum absolute atomic E-state index is 12.4. The molecule has 0 saturated heterocycles. The van der Waals surface area contributed by atoms with Gasteiger partial charge in [0.1, 0.15) is 17.3 Å². The third-order valence-electron chi connectivity index (χ3n) is 3.64. The second kappa shape index (κ2) is 7.97. The van der Waals surface area contributed by atoms with Gasteiger partial charge in [-0.2, -0.15) is 0 Å². The van der Waals surface area contributed by atoms with Crippen LogP contribution in [0.4, 0.5) is 5.69 Å². The fourth-order valence-corrected chi connectivity index (χ4v) is 2.81. The van der Waals surface area contributed by atoms with Crippen LogP contribution in [0.15, 0.2) is 63.9 Å². The van der Waals surface area contributed by atoms with Gasteiger partial charge in [0, 0.05) is 22.6 Å². The molecule has 0 unspecified atom stereocenters. The quantitative estimate of drug-likeness (QED) is 0.671. The minimum absolute atomic E-state index is 0.0669. The molecule has 0 bridgehead atoms. The smallest absolute Gasteiger partial charge is 0.274 e. The zero-order valence-electron chi connectivity index (χ0n) is 14.0. The van der Waals surface area contributed by atoms with E-state index in [0.717, 1.165) is 15.8 Å². The van der Waals surface area contributed by atoms with Crippen LogP contribution in [0.1, 0.15) is 21.9 Å². The summed E-state index contributed by atoms with van der Waals surface area (Å²) in [6.07, 6.45) is 0.400. The first-order chi connectivity index (χ1) is 12.5. The third-order valence-corrected chi connectivity index (χ3v) is 4.13. The van der Waals surface area contributed by atoms with Crippen molar-refractivity contribution < 1.29 is 9.53 Å². The summed E-state index contributed by atoms with van der Waals surface area (Å²) in [7, 11) is 1.60. The van der Waals surface area contributed by atoms with Crippen LogP contribution in [-0.2, 0) is 6.42 Å². The third kappa shape index (κ3) is 4.58. The van der Waals surface area contributed by atoms with E-state index in [4.69, 9.17) is 4.74 Å². The lowest BCUT2D eigenvalue weighted by Gasteiger charge is -2.07. The molecule has 1 heterocycles. The van der Waals surface area contributed by atoms with Gasteiger partial charge in [-0.05, 0) is 35.9 Å². The highest BCUT2D eigenvalue weighted by molar-refractivity contribution is 9.10.